The van der Waals surface area contributed by atoms with Crippen molar-refractivity contribution < 1.29 is 13.6 Å². The summed E-state index contributed by atoms with van der Waals surface area (Å²) in [5, 5.41) is 0. The van der Waals surface area contributed by atoms with Crippen LogP contribution in [-0.4, -0.2) is 5.78 Å². The molecule has 0 N–H and O–H groups in total. The molecule has 0 aliphatic rings. The van der Waals surface area contributed by atoms with Crippen LogP contribution in [0.1, 0.15) is 42.6 Å². The molecule has 0 aromatic heterocycles. The van der Waals surface area contributed by atoms with Gasteiger partial charge in [0.15, 0.2) is 5.78 Å². The summed E-state index contributed by atoms with van der Waals surface area (Å²) in [6.45, 7) is 5.10. The van der Waals surface area contributed by atoms with Gasteiger partial charge in [-0.2, -0.15) is 0 Å². The summed E-state index contributed by atoms with van der Waals surface area (Å²) in [6, 6.07) is 8.96. The molecular weight excluding hydrogens is 258 g/mol. The van der Waals surface area contributed by atoms with Crippen LogP contribution in [0.2, 0.25) is 0 Å². The number of ketones is 1. The third-order valence-corrected chi connectivity index (χ3v) is 3.29. The first-order valence-electron chi connectivity index (χ1n) is 6.51. The molecule has 0 fully saturated rings. The van der Waals surface area contributed by atoms with Crippen LogP contribution in [-0.2, 0) is 0 Å². The Labute approximate surface area is 117 Å². The van der Waals surface area contributed by atoms with Crippen molar-refractivity contribution in [1.29, 1.82) is 0 Å². The largest absolute Gasteiger partial charge is 0.295 e. The highest BCUT2D eigenvalue weighted by Crippen LogP contribution is 2.32. The Morgan fingerprint density at radius 3 is 2.25 bits per heavy atom. The van der Waals surface area contributed by atoms with Gasteiger partial charge in [0.25, 0.3) is 0 Å². The minimum atomic E-state index is -0.498. The lowest BCUT2D eigenvalue weighted by Gasteiger charge is -2.14. The summed E-state index contributed by atoms with van der Waals surface area (Å²) in [6.07, 6.45) is 0. The van der Waals surface area contributed by atoms with E-state index in [1.165, 1.54) is 25.1 Å². The summed E-state index contributed by atoms with van der Waals surface area (Å²) in [5.74, 6) is -1.21. The quantitative estimate of drug-likeness (QED) is 0.723. The molecule has 0 atom stereocenters. The minimum Gasteiger partial charge on any atom is -0.295 e. The van der Waals surface area contributed by atoms with Gasteiger partial charge in [-0.15, -0.1) is 0 Å². The Hall–Kier alpha value is -2.03. The molecule has 0 saturated heterocycles. The van der Waals surface area contributed by atoms with Gasteiger partial charge in [0.1, 0.15) is 11.6 Å². The number of carbonyl (C=O) groups excluding carboxylic acids is 1. The average molecular weight is 274 g/mol. The van der Waals surface area contributed by atoms with E-state index in [9.17, 15) is 13.6 Å². The average Bonchev–Trinajstić information content (AvgIpc) is 2.39. The molecule has 2 aromatic carbocycles. The Morgan fingerprint density at radius 1 is 1.05 bits per heavy atom. The van der Waals surface area contributed by atoms with Crippen LogP contribution in [0.5, 0.6) is 0 Å². The number of carbonyl (C=O) groups is 1. The molecule has 0 bridgehead atoms. The summed E-state index contributed by atoms with van der Waals surface area (Å²) in [7, 11) is 0. The van der Waals surface area contributed by atoms with Gasteiger partial charge in [-0.25, -0.2) is 8.78 Å². The minimum absolute atomic E-state index is 0.0835. The maximum absolute atomic E-state index is 14.6. The van der Waals surface area contributed by atoms with E-state index in [-0.39, 0.29) is 22.8 Å². The molecule has 0 unspecified atom stereocenters. The Bertz CT molecular complexity index is 660. The van der Waals surface area contributed by atoms with Crippen LogP contribution in [0.25, 0.3) is 11.1 Å². The molecular formula is C17H16F2O. The second-order valence-electron chi connectivity index (χ2n) is 5.12. The smallest absolute Gasteiger partial charge is 0.159 e. The molecule has 0 heterocycles. The first kappa shape index (κ1) is 14.4. The van der Waals surface area contributed by atoms with E-state index >= 15 is 0 Å². The van der Waals surface area contributed by atoms with Crippen LogP contribution < -0.4 is 0 Å². The molecule has 0 saturated carbocycles. The van der Waals surface area contributed by atoms with Gasteiger partial charge in [0.2, 0.25) is 0 Å². The summed E-state index contributed by atoms with van der Waals surface area (Å²) >= 11 is 0. The second kappa shape index (κ2) is 5.53. The number of hydrogen-bond acceptors (Lipinski definition) is 1. The molecule has 1 nitrogen and oxygen atoms in total. The molecule has 2 rings (SSSR count). The predicted octanol–water partition coefficient (Wildman–Crippen LogP) is 4.96. The molecule has 2 aromatic rings. The Balaban J connectivity index is 2.75. The Morgan fingerprint density at radius 2 is 1.70 bits per heavy atom. The normalized spacial score (nSPS) is 10.9. The summed E-state index contributed by atoms with van der Waals surface area (Å²) in [4.78, 5) is 11.6. The van der Waals surface area contributed by atoms with E-state index in [1.54, 1.807) is 18.2 Å². The van der Waals surface area contributed by atoms with Crippen molar-refractivity contribution in [1.82, 2.24) is 0 Å². The molecule has 0 amide bonds. The fourth-order valence-corrected chi connectivity index (χ4v) is 2.15. The standard InChI is InChI=1S/C17H16F2O/c1-10(2)14-8-12(11(3)20)9-15(17(14)19)13-6-4-5-7-16(13)18/h4-10H,1-3H3. The highest BCUT2D eigenvalue weighted by atomic mass is 19.1. The van der Waals surface area contributed by atoms with Gasteiger partial charge in [-0.3, -0.25) is 4.79 Å². The van der Waals surface area contributed by atoms with Crippen molar-refractivity contribution in [3.8, 4) is 11.1 Å². The van der Waals surface area contributed by atoms with E-state index in [1.807, 2.05) is 13.8 Å². The number of hydrogen-bond donors (Lipinski definition) is 0. The second-order valence-corrected chi connectivity index (χ2v) is 5.12. The maximum Gasteiger partial charge on any atom is 0.159 e. The fraction of sp³-hybridized carbons (Fsp3) is 0.235. The van der Waals surface area contributed by atoms with Crippen LogP contribution in [0.4, 0.5) is 8.78 Å². The van der Waals surface area contributed by atoms with E-state index in [0.717, 1.165) is 0 Å². The van der Waals surface area contributed by atoms with Crippen LogP contribution in [0.3, 0.4) is 0 Å². The zero-order valence-corrected chi connectivity index (χ0v) is 11.7. The zero-order valence-electron chi connectivity index (χ0n) is 11.7. The van der Waals surface area contributed by atoms with E-state index in [2.05, 4.69) is 0 Å². The third kappa shape index (κ3) is 2.62. The molecule has 0 radical (unpaired) electrons. The van der Waals surface area contributed by atoms with Crippen LogP contribution in [0, 0.1) is 11.6 Å². The summed E-state index contributed by atoms with van der Waals surface area (Å²) in [5.41, 5.74) is 1.14. The maximum atomic E-state index is 14.6. The number of halogens is 2. The van der Waals surface area contributed by atoms with E-state index < -0.39 is 11.6 Å². The predicted molar refractivity (Wildman–Crippen MR) is 75.9 cm³/mol. The lowest BCUT2D eigenvalue weighted by Crippen LogP contribution is -2.02. The monoisotopic (exact) mass is 274 g/mol. The van der Waals surface area contributed by atoms with Gasteiger partial charge < -0.3 is 0 Å². The van der Waals surface area contributed by atoms with Crippen molar-refractivity contribution in [2.24, 2.45) is 0 Å². The van der Waals surface area contributed by atoms with Gasteiger partial charge >= 0.3 is 0 Å². The van der Waals surface area contributed by atoms with E-state index in [0.29, 0.717) is 11.1 Å². The number of rotatable bonds is 3. The molecule has 104 valence electrons. The first-order valence-corrected chi connectivity index (χ1v) is 6.51. The van der Waals surface area contributed by atoms with Gasteiger partial charge in [0, 0.05) is 16.7 Å². The molecule has 0 aliphatic heterocycles. The van der Waals surface area contributed by atoms with Crippen LogP contribution >= 0.6 is 0 Å². The van der Waals surface area contributed by atoms with E-state index in [4.69, 9.17) is 0 Å². The van der Waals surface area contributed by atoms with Crippen LogP contribution in [0.15, 0.2) is 36.4 Å². The van der Waals surface area contributed by atoms with Crippen molar-refractivity contribution in [2.75, 3.05) is 0 Å². The highest BCUT2D eigenvalue weighted by Gasteiger charge is 2.18. The lowest BCUT2D eigenvalue weighted by atomic mass is 9.92. The van der Waals surface area contributed by atoms with Gasteiger partial charge in [-0.1, -0.05) is 32.0 Å². The number of benzene rings is 2. The lowest BCUT2D eigenvalue weighted by molar-refractivity contribution is 0.101. The topological polar surface area (TPSA) is 17.1 Å². The molecule has 0 aliphatic carbocycles. The van der Waals surface area contributed by atoms with Crippen molar-refractivity contribution in [3.05, 3.63) is 59.2 Å². The summed E-state index contributed by atoms with van der Waals surface area (Å²) < 4.78 is 28.4. The third-order valence-electron chi connectivity index (χ3n) is 3.29. The first-order chi connectivity index (χ1) is 9.41. The number of Topliss-reactive ketones (excluding diaryl/α,β-unsaturated/α-hetero) is 1. The van der Waals surface area contributed by atoms with Gasteiger partial charge in [-0.05, 0) is 36.6 Å². The fourth-order valence-electron chi connectivity index (χ4n) is 2.15. The zero-order chi connectivity index (χ0) is 14.9. The van der Waals surface area contributed by atoms with Gasteiger partial charge in [0.05, 0.1) is 0 Å². The van der Waals surface area contributed by atoms with Crippen molar-refractivity contribution >= 4 is 5.78 Å². The van der Waals surface area contributed by atoms with Crippen molar-refractivity contribution in [2.45, 2.75) is 26.7 Å². The molecule has 0 spiro atoms. The SMILES string of the molecule is CC(=O)c1cc(-c2ccccc2F)c(F)c(C(C)C)c1. The molecule has 3 heteroatoms. The highest BCUT2D eigenvalue weighted by molar-refractivity contribution is 5.95. The van der Waals surface area contributed by atoms with Crippen molar-refractivity contribution in [3.63, 3.8) is 0 Å². The molecule has 20 heavy (non-hydrogen) atoms. The Kier molecular flexibility index (Phi) is 3.98.